The molecule has 0 saturated heterocycles. The van der Waals surface area contributed by atoms with E-state index in [1.165, 1.54) is 25.7 Å². The first-order chi connectivity index (χ1) is 7.68. The largest absolute Gasteiger partial charge is 0.380 e. The molecule has 2 N–H and O–H groups in total. The van der Waals surface area contributed by atoms with Crippen LogP contribution in [0.15, 0.2) is 15.5 Å². The van der Waals surface area contributed by atoms with Crippen molar-refractivity contribution < 1.29 is 0 Å². The van der Waals surface area contributed by atoms with Crippen LogP contribution in [-0.2, 0) is 0 Å². The van der Waals surface area contributed by atoms with Crippen LogP contribution in [-0.4, -0.2) is 16.2 Å². The minimum atomic E-state index is -0.191. The van der Waals surface area contributed by atoms with Gasteiger partial charge in [-0.25, -0.2) is 5.10 Å². The molecule has 1 aromatic heterocycles. The van der Waals surface area contributed by atoms with Gasteiger partial charge < -0.3 is 5.32 Å². The van der Waals surface area contributed by atoms with Crippen LogP contribution in [0, 0.1) is 5.92 Å². The van der Waals surface area contributed by atoms with Gasteiger partial charge in [0.25, 0.3) is 5.56 Å². The number of halogens is 1. The molecule has 1 atom stereocenters. The van der Waals surface area contributed by atoms with Gasteiger partial charge in [-0.05, 0) is 41.6 Å². The number of anilines is 1. The topological polar surface area (TPSA) is 57.8 Å². The maximum absolute atomic E-state index is 11.3. The highest BCUT2D eigenvalue weighted by molar-refractivity contribution is 9.10. The highest BCUT2D eigenvalue weighted by Crippen LogP contribution is 2.29. The number of rotatable bonds is 3. The average Bonchev–Trinajstić information content (AvgIpc) is 2.78. The van der Waals surface area contributed by atoms with Crippen molar-refractivity contribution >= 4 is 21.6 Å². The summed E-state index contributed by atoms with van der Waals surface area (Å²) in [5.41, 5.74) is 0.590. The van der Waals surface area contributed by atoms with Gasteiger partial charge in [0, 0.05) is 6.04 Å². The average molecular weight is 286 g/mol. The number of nitrogens with zero attached hydrogens (tertiary/aromatic N) is 1. The van der Waals surface area contributed by atoms with Gasteiger partial charge in [0.05, 0.1) is 11.9 Å². The molecule has 0 aromatic carbocycles. The van der Waals surface area contributed by atoms with Crippen molar-refractivity contribution in [2.24, 2.45) is 5.92 Å². The monoisotopic (exact) mass is 285 g/mol. The van der Waals surface area contributed by atoms with Crippen molar-refractivity contribution in [2.75, 3.05) is 5.32 Å². The Kier molecular flexibility index (Phi) is 3.63. The van der Waals surface area contributed by atoms with Crippen molar-refractivity contribution in [1.82, 2.24) is 10.2 Å². The van der Waals surface area contributed by atoms with Crippen molar-refractivity contribution in [3.63, 3.8) is 0 Å². The second-order valence-electron chi connectivity index (χ2n) is 4.40. The van der Waals surface area contributed by atoms with Gasteiger partial charge in [-0.15, -0.1) is 0 Å². The maximum atomic E-state index is 11.3. The highest BCUT2D eigenvalue weighted by Gasteiger charge is 2.22. The molecule has 5 heteroatoms. The smallest absolute Gasteiger partial charge is 0.280 e. The molecule has 1 aliphatic rings. The van der Waals surface area contributed by atoms with Crippen LogP contribution < -0.4 is 10.9 Å². The van der Waals surface area contributed by atoms with E-state index in [2.05, 4.69) is 38.4 Å². The standard InChI is InChI=1S/C11H16BrN3O/c1-7(8-4-2-3-5-8)14-9-6-13-15-11(16)10(9)12/h6-8H,2-5H2,1H3,(H2,14,15,16). The quantitative estimate of drug-likeness (QED) is 0.897. The molecule has 1 aliphatic carbocycles. The zero-order valence-corrected chi connectivity index (χ0v) is 10.9. The Morgan fingerprint density at radius 1 is 1.56 bits per heavy atom. The van der Waals surface area contributed by atoms with E-state index < -0.39 is 0 Å². The summed E-state index contributed by atoms with van der Waals surface area (Å²) in [4.78, 5) is 11.3. The summed E-state index contributed by atoms with van der Waals surface area (Å²) in [6, 6.07) is 0.391. The summed E-state index contributed by atoms with van der Waals surface area (Å²) in [6.45, 7) is 2.17. The van der Waals surface area contributed by atoms with Gasteiger partial charge in [0.15, 0.2) is 0 Å². The maximum Gasteiger partial charge on any atom is 0.280 e. The molecule has 4 nitrogen and oxygen atoms in total. The Labute approximate surface area is 103 Å². The Hall–Kier alpha value is -0.840. The fraction of sp³-hybridized carbons (Fsp3) is 0.636. The van der Waals surface area contributed by atoms with Crippen molar-refractivity contribution in [3.05, 3.63) is 21.0 Å². The minimum Gasteiger partial charge on any atom is -0.380 e. The molecule has 1 aromatic rings. The Balaban J connectivity index is 2.08. The van der Waals surface area contributed by atoms with Crippen LogP contribution >= 0.6 is 15.9 Å². The molecule has 0 aliphatic heterocycles. The van der Waals surface area contributed by atoms with Crippen LogP contribution in [0.1, 0.15) is 32.6 Å². The van der Waals surface area contributed by atoms with E-state index in [0.717, 1.165) is 5.69 Å². The lowest BCUT2D eigenvalue weighted by molar-refractivity contribution is 0.482. The number of nitrogens with one attached hydrogen (secondary N) is 2. The Morgan fingerprint density at radius 3 is 2.94 bits per heavy atom. The molecule has 0 bridgehead atoms. The third-order valence-corrected chi connectivity index (χ3v) is 4.07. The van der Waals surface area contributed by atoms with Crippen LogP contribution in [0.25, 0.3) is 0 Å². The molecular weight excluding hydrogens is 270 g/mol. The number of hydrogen-bond donors (Lipinski definition) is 2. The van der Waals surface area contributed by atoms with Gasteiger partial charge in [0.1, 0.15) is 4.47 Å². The number of aromatic amines is 1. The molecule has 1 fully saturated rings. The van der Waals surface area contributed by atoms with Gasteiger partial charge in [0.2, 0.25) is 0 Å². The van der Waals surface area contributed by atoms with E-state index in [4.69, 9.17) is 0 Å². The molecule has 88 valence electrons. The molecule has 1 heterocycles. The van der Waals surface area contributed by atoms with E-state index in [0.29, 0.717) is 16.4 Å². The van der Waals surface area contributed by atoms with Crippen LogP contribution in [0.2, 0.25) is 0 Å². The summed E-state index contributed by atoms with van der Waals surface area (Å²) in [6.07, 6.45) is 6.86. The van der Waals surface area contributed by atoms with Crippen LogP contribution in [0.5, 0.6) is 0 Å². The fourth-order valence-corrected chi connectivity index (χ4v) is 2.61. The lowest BCUT2D eigenvalue weighted by atomic mass is 10.00. The van der Waals surface area contributed by atoms with E-state index >= 15 is 0 Å². The summed E-state index contributed by atoms with van der Waals surface area (Å²) < 4.78 is 0.535. The predicted octanol–water partition coefficient (Wildman–Crippen LogP) is 2.52. The normalized spacial score (nSPS) is 18.6. The van der Waals surface area contributed by atoms with Crippen molar-refractivity contribution in [3.8, 4) is 0 Å². The lowest BCUT2D eigenvalue weighted by Gasteiger charge is -2.21. The lowest BCUT2D eigenvalue weighted by Crippen LogP contribution is -2.25. The zero-order chi connectivity index (χ0) is 11.5. The minimum absolute atomic E-state index is 0.191. The molecule has 0 amide bonds. The molecule has 0 spiro atoms. The van der Waals surface area contributed by atoms with Crippen molar-refractivity contribution in [2.45, 2.75) is 38.6 Å². The Morgan fingerprint density at radius 2 is 2.25 bits per heavy atom. The van der Waals surface area contributed by atoms with E-state index in [9.17, 15) is 4.79 Å². The highest BCUT2D eigenvalue weighted by atomic mass is 79.9. The van der Waals surface area contributed by atoms with Crippen molar-refractivity contribution in [1.29, 1.82) is 0 Å². The summed E-state index contributed by atoms with van der Waals surface area (Å²) in [7, 11) is 0. The van der Waals surface area contributed by atoms with Gasteiger partial charge in [-0.2, -0.15) is 5.10 Å². The first-order valence-corrected chi connectivity index (χ1v) is 6.47. The van der Waals surface area contributed by atoms with Gasteiger partial charge in [-0.1, -0.05) is 12.8 Å². The summed E-state index contributed by atoms with van der Waals surface area (Å²) >= 11 is 3.27. The predicted molar refractivity (Wildman–Crippen MR) is 67.6 cm³/mol. The van der Waals surface area contributed by atoms with E-state index in [1.54, 1.807) is 6.20 Å². The molecule has 0 radical (unpaired) electrons. The second-order valence-corrected chi connectivity index (χ2v) is 5.20. The first kappa shape index (κ1) is 11.6. The molecule has 1 unspecified atom stereocenters. The van der Waals surface area contributed by atoms with Gasteiger partial charge >= 0.3 is 0 Å². The first-order valence-electron chi connectivity index (χ1n) is 5.68. The van der Waals surface area contributed by atoms with Crippen LogP contribution in [0.3, 0.4) is 0 Å². The van der Waals surface area contributed by atoms with E-state index in [-0.39, 0.29) is 5.56 Å². The molecule has 2 rings (SSSR count). The Bertz CT molecular complexity index is 412. The van der Waals surface area contributed by atoms with E-state index in [1.807, 2.05) is 0 Å². The zero-order valence-electron chi connectivity index (χ0n) is 9.29. The fourth-order valence-electron chi connectivity index (χ4n) is 2.30. The van der Waals surface area contributed by atoms with Gasteiger partial charge in [-0.3, -0.25) is 4.79 Å². The molecule has 16 heavy (non-hydrogen) atoms. The number of H-pyrrole nitrogens is 1. The molecular formula is C11H16BrN3O. The summed E-state index contributed by atoms with van der Waals surface area (Å²) in [5.74, 6) is 0.714. The summed E-state index contributed by atoms with van der Waals surface area (Å²) in [5, 5.41) is 9.55. The second kappa shape index (κ2) is 4.99. The number of hydrogen-bond acceptors (Lipinski definition) is 3. The third kappa shape index (κ3) is 2.45. The van der Waals surface area contributed by atoms with Crippen LogP contribution in [0.4, 0.5) is 5.69 Å². The number of aromatic nitrogens is 2. The third-order valence-electron chi connectivity index (χ3n) is 3.29. The SMILES string of the molecule is CC(Nc1cn[nH]c(=O)c1Br)C1CCCC1. The molecule has 1 saturated carbocycles.